The fourth-order valence-electron chi connectivity index (χ4n) is 3.38. The lowest BCUT2D eigenvalue weighted by molar-refractivity contribution is 0.0422. The van der Waals surface area contributed by atoms with E-state index in [-0.39, 0.29) is 0 Å². The molecule has 25 heavy (non-hydrogen) atoms. The smallest absolute Gasteiger partial charge is 0.119 e. The van der Waals surface area contributed by atoms with E-state index in [9.17, 15) is 0 Å². The quantitative estimate of drug-likeness (QED) is 0.360. The molecule has 0 spiro atoms. The first-order valence-electron chi connectivity index (χ1n) is 9.95. The van der Waals surface area contributed by atoms with Crippen LogP contribution in [0.15, 0.2) is 48.6 Å². The summed E-state index contributed by atoms with van der Waals surface area (Å²) in [4.78, 5) is 0. The molecule has 2 nitrogen and oxygen atoms in total. The Morgan fingerprint density at radius 1 is 1.00 bits per heavy atom. The maximum Gasteiger partial charge on any atom is 0.119 e. The van der Waals surface area contributed by atoms with Gasteiger partial charge in [-0.3, -0.25) is 0 Å². The van der Waals surface area contributed by atoms with Crippen LogP contribution in [-0.2, 0) is 4.74 Å². The van der Waals surface area contributed by atoms with Gasteiger partial charge in [-0.15, -0.1) is 0 Å². The Morgan fingerprint density at radius 2 is 1.76 bits per heavy atom. The van der Waals surface area contributed by atoms with E-state index in [1.165, 1.54) is 31.2 Å². The van der Waals surface area contributed by atoms with Crippen LogP contribution in [0.25, 0.3) is 0 Å². The van der Waals surface area contributed by atoms with Gasteiger partial charge >= 0.3 is 0 Å². The maximum absolute atomic E-state index is 5.96. The molecular weight excluding hydrogens is 308 g/mol. The number of allylic oxidation sites excluding steroid dienone is 3. The summed E-state index contributed by atoms with van der Waals surface area (Å²) in [6, 6.07) is 8.77. The average Bonchev–Trinajstić information content (AvgIpc) is 2.66. The molecule has 0 atom stereocenters. The van der Waals surface area contributed by atoms with Gasteiger partial charge in [0.15, 0.2) is 0 Å². The summed E-state index contributed by atoms with van der Waals surface area (Å²) in [5.74, 6) is 1.68. The van der Waals surface area contributed by atoms with Crippen molar-refractivity contribution >= 4 is 0 Å². The van der Waals surface area contributed by atoms with Gasteiger partial charge in [-0.25, -0.2) is 0 Å². The van der Waals surface area contributed by atoms with Gasteiger partial charge in [0, 0.05) is 0 Å². The molecule has 1 aromatic carbocycles. The van der Waals surface area contributed by atoms with Crippen LogP contribution in [0.5, 0.6) is 5.75 Å². The highest BCUT2D eigenvalue weighted by molar-refractivity contribution is 5.29. The van der Waals surface area contributed by atoms with E-state index in [1.807, 2.05) is 19.1 Å². The first-order chi connectivity index (χ1) is 12.3. The molecule has 0 saturated heterocycles. The summed E-state index contributed by atoms with van der Waals surface area (Å²) in [6.07, 6.45) is 17.0. The third kappa shape index (κ3) is 7.48. The number of rotatable bonds is 10. The molecule has 1 aliphatic rings. The molecule has 2 rings (SSSR count). The number of ether oxygens (including phenoxy) is 2. The van der Waals surface area contributed by atoms with Crippen molar-refractivity contribution in [2.24, 2.45) is 0 Å². The molecule has 0 aromatic heterocycles. The Hall–Kier alpha value is -1.54. The average molecular weight is 343 g/mol. The summed E-state index contributed by atoms with van der Waals surface area (Å²) in [5.41, 5.74) is 1.45. The molecule has 2 heteroatoms. The Bertz CT molecular complexity index is 507. The zero-order chi connectivity index (χ0) is 17.7. The molecule has 1 aromatic rings. The summed E-state index contributed by atoms with van der Waals surface area (Å²) in [7, 11) is 0. The zero-order valence-corrected chi connectivity index (χ0v) is 16.0. The lowest BCUT2D eigenvalue weighted by atomic mass is 9.83. The predicted molar refractivity (Wildman–Crippen MR) is 106 cm³/mol. The second-order valence-corrected chi connectivity index (χ2v) is 6.89. The molecule has 0 heterocycles. The van der Waals surface area contributed by atoms with Crippen molar-refractivity contribution in [3.63, 3.8) is 0 Å². The van der Waals surface area contributed by atoms with Crippen LogP contribution in [0.3, 0.4) is 0 Å². The molecule has 0 amide bonds. The van der Waals surface area contributed by atoms with Gasteiger partial charge in [-0.05, 0) is 62.6 Å². The summed E-state index contributed by atoms with van der Waals surface area (Å²) in [6.45, 7) is 5.80. The minimum absolute atomic E-state index is 0.424. The van der Waals surface area contributed by atoms with Gasteiger partial charge in [0.1, 0.15) is 5.75 Å². The van der Waals surface area contributed by atoms with Gasteiger partial charge < -0.3 is 9.47 Å². The highest BCUT2D eigenvalue weighted by Crippen LogP contribution is 2.34. The van der Waals surface area contributed by atoms with Gasteiger partial charge in [0.25, 0.3) is 0 Å². The van der Waals surface area contributed by atoms with E-state index in [0.29, 0.717) is 12.0 Å². The highest BCUT2D eigenvalue weighted by atomic mass is 16.5. The molecule has 1 fully saturated rings. The normalized spacial score (nSPS) is 21.2. The number of hydrogen-bond acceptors (Lipinski definition) is 2. The van der Waals surface area contributed by atoms with Crippen LogP contribution in [0.2, 0.25) is 0 Å². The number of unbranched alkanes of at least 4 members (excludes halogenated alkanes) is 2. The summed E-state index contributed by atoms with van der Waals surface area (Å²) in [5, 5.41) is 0. The SMILES string of the molecule is C/C=C/C=C/COC1CCC(c2ccc(OCCCCC)cc2)CC1. The van der Waals surface area contributed by atoms with E-state index in [2.05, 4.69) is 43.3 Å². The van der Waals surface area contributed by atoms with Crippen molar-refractivity contribution < 1.29 is 9.47 Å². The molecule has 138 valence electrons. The maximum atomic E-state index is 5.96. The van der Waals surface area contributed by atoms with Crippen molar-refractivity contribution in [3.8, 4) is 5.75 Å². The summed E-state index contributed by atoms with van der Waals surface area (Å²) < 4.78 is 11.8. The van der Waals surface area contributed by atoms with Gasteiger partial charge in [-0.1, -0.05) is 56.2 Å². The molecule has 0 radical (unpaired) electrons. The molecule has 0 N–H and O–H groups in total. The Morgan fingerprint density at radius 3 is 2.44 bits per heavy atom. The van der Waals surface area contributed by atoms with E-state index >= 15 is 0 Å². The molecule has 0 bridgehead atoms. The number of benzene rings is 1. The Balaban J connectivity index is 1.69. The lowest BCUT2D eigenvalue weighted by Gasteiger charge is -2.28. The Labute approximate surface area is 153 Å². The van der Waals surface area contributed by atoms with Crippen LogP contribution in [-0.4, -0.2) is 19.3 Å². The van der Waals surface area contributed by atoms with Crippen molar-refractivity contribution in [1.82, 2.24) is 0 Å². The van der Waals surface area contributed by atoms with Crippen LogP contribution < -0.4 is 4.74 Å². The standard InChI is InChI=1S/C23H34O2/c1-3-5-7-9-19-25-23-16-12-21(13-17-23)20-10-14-22(15-11-20)24-18-8-6-4-2/h3,5,7,9-11,14-15,21,23H,4,6,8,12-13,16-19H2,1-2H3/b5-3+,9-7+. The fraction of sp³-hybridized carbons (Fsp3) is 0.565. The van der Waals surface area contributed by atoms with Crippen LogP contribution in [0, 0.1) is 0 Å². The zero-order valence-electron chi connectivity index (χ0n) is 16.0. The van der Waals surface area contributed by atoms with Gasteiger partial charge in [0.05, 0.1) is 19.3 Å². The number of hydrogen-bond donors (Lipinski definition) is 0. The minimum atomic E-state index is 0.424. The van der Waals surface area contributed by atoms with Crippen LogP contribution in [0.1, 0.15) is 70.3 Å². The summed E-state index contributed by atoms with van der Waals surface area (Å²) >= 11 is 0. The lowest BCUT2D eigenvalue weighted by Crippen LogP contribution is -2.20. The third-order valence-electron chi connectivity index (χ3n) is 4.91. The van der Waals surface area contributed by atoms with Gasteiger partial charge in [-0.2, -0.15) is 0 Å². The van der Waals surface area contributed by atoms with Crippen LogP contribution in [0.4, 0.5) is 0 Å². The second-order valence-electron chi connectivity index (χ2n) is 6.89. The molecule has 1 aliphatic carbocycles. The largest absolute Gasteiger partial charge is 0.494 e. The van der Waals surface area contributed by atoms with Crippen LogP contribution >= 0.6 is 0 Å². The van der Waals surface area contributed by atoms with Gasteiger partial charge in [0.2, 0.25) is 0 Å². The van der Waals surface area contributed by atoms with E-state index in [1.54, 1.807) is 0 Å². The van der Waals surface area contributed by atoms with E-state index in [0.717, 1.165) is 38.2 Å². The first kappa shape index (κ1) is 19.8. The second kappa shape index (κ2) is 11.9. The predicted octanol–water partition coefficient (Wildman–Crippen LogP) is 6.43. The Kier molecular flexibility index (Phi) is 9.43. The third-order valence-corrected chi connectivity index (χ3v) is 4.91. The van der Waals surface area contributed by atoms with Crippen molar-refractivity contribution in [3.05, 3.63) is 54.1 Å². The van der Waals surface area contributed by atoms with E-state index in [4.69, 9.17) is 9.47 Å². The van der Waals surface area contributed by atoms with Crippen molar-refractivity contribution in [2.75, 3.05) is 13.2 Å². The first-order valence-corrected chi connectivity index (χ1v) is 9.95. The van der Waals surface area contributed by atoms with Crippen molar-refractivity contribution in [1.29, 1.82) is 0 Å². The highest BCUT2D eigenvalue weighted by Gasteiger charge is 2.22. The van der Waals surface area contributed by atoms with E-state index < -0.39 is 0 Å². The van der Waals surface area contributed by atoms with Crippen molar-refractivity contribution in [2.45, 2.75) is 70.8 Å². The molecule has 0 aliphatic heterocycles. The minimum Gasteiger partial charge on any atom is -0.494 e. The monoisotopic (exact) mass is 342 g/mol. The molecule has 0 unspecified atom stereocenters. The molecule has 1 saturated carbocycles. The topological polar surface area (TPSA) is 18.5 Å². The molecular formula is C23H34O2. The fourth-order valence-corrected chi connectivity index (χ4v) is 3.38.